The number of nitrogen functional groups attached to an aromatic ring is 1. The molecule has 3 aromatic heterocycles. The average Bonchev–Trinajstić information content (AvgIpc) is 3.33. The van der Waals surface area contributed by atoms with Gasteiger partial charge in [-0.15, -0.1) is 0 Å². The number of ether oxygens (including phenoxy) is 1. The number of hydrogen-bond acceptors (Lipinski definition) is 6. The summed E-state index contributed by atoms with van der Waals surface area (Å²) in [5.41, 5.74) is 11.5. The molecule has 172 valence electrons. The second-order valence-electron chi connectivity index (χ2n) is 9.06. The Morgan fingerprint density at radius 2 is 1.94 bits per heavy atom. The maximum Gasteiger partial charge on any atom is 0.434 e. The topological polar surface area (TPSA) is 108 Å². The molecule has 1 aromatic carbocycles. The van der Waals surface area contributed by atoms with E-state index >= 15 is 0 Å². The van der Waals surface area contributed by atoms with Gasteiger partial charge in [0.25, 0.3) is 0 Å². The van der Waals surface area contributed by atoms with Gasteiger partial charge in [0.15, 0.2) is 11.5 Å². The van der Waals surface area contributed by atoms with Crippen molar-refractivity contribution in [3.8, 4) is 17.1 Å². The SMILES string of the molecule is CC(C)(C)OC(=O)/N=C1/CCc2cc(-n3c(-c4cccnc4N)nc4ccc(Br)nc43)ccc21. The number of amides is 1. The standard InChI is InChI=1S/C25H23BrN6O2/c1-25(2,3)34-24(33)30-18-9-6-14-13-15(7-8-16(14)18)32-22(17-5-4-12-28-21(17)27)29-19-10-11-20(26)31-23(19)32/h4-5,7-8,10-13H,6,9H2,1-3H3,(H2,27,28)/b30-18-. The predicted octanol–water partition coefficient (Wildman–Crippen LogP) is 5.50. The van der Waals surface area contributed by atoms with E-state index in [0.29, 0.717) is 28.3 Å². The third-order valence-electron chi connectivity index (χ3n) is 5.46. The lowest BCUT2D eigenvalue weighted by Gasteiger charge is -2.17. The normalized spacial score (nSPS) is 14.5. The van der Waals surface area contributed by atoms with Crippen LogP contribution in [0.1, 0.15) is 38.3 Å². The maximum absolute atomic E-state index is 12.2. The van der Waals surface area contributed by atoms with E-state index in [2.05, 4.69) is 37.0 Å². The third kappa shape index (κ3) is 4.19. The van der Waals surface area contributed by atoms with Gasteiger partial charge >= 0.3 is 6.09 Å². The van der Waals surface area contributed by atoms with Crippen LogP contribution in [0, 0.1) is 0 Å². The molecule has 3 heterocycles. The number of anilines is 1. The zero-order valence-corrected chi connectivity index (χ0v) is 20.6. The lowest BCUT2D eigenvalue weighted by atomic mass is 10.1. The average molecular weight is 519 g/mol. The molecule has 34 heavy (non-hydrogen) atoms. The number of aliphatic imine (C=N–C) groups is 1. The number of benzene rings is 1. The van der Waals surface area contributed by atoms with Crippen LogP contribution in [0.2, 0.25) is 0 Å². The first-order valence-electron chi connectivity index (χ1n) is 10.9. The van der Waals surface area contributed by atoms with E-state index in [1.54, 1.807) is 6.20 Å². The summed E-state index contributed by atoms with van der Waals surface area (Å²) >= 11 is 3.47. The van der Waals surface area contributed by atoms with Crippen molar-refractivity contribution in [2.24, 2.45) is 4.99 Å². The number of rotatable bonds is 2. The Hall–Kier alpha value is -3.59. The number of halogens is 1. The highest BCUT2D eigenvalue weighted by Crippen LogP contribution is 2.33. The summed E-state index contributed by atoms with van der Waals surface area (Å²) in [7, 11) is 0. The maximum atomic E-state index is 12.2. The first-order valence-corrected chi connectivity index (χ1v) is 11.7. The van der Waals surface area contributed by atoms with Crippen LogP contribution in [0.15, 0.2) is 58.3 Å². The molecule has 2 N–H and O–H groups in total. The van der Waals surface area contributed by atoms with Crippen molar-refractivity contribution < 1.29 is 9.53 Å². The molecule has 0 radical (unpaired) electrons. The van der Waals surface area contributed by atoms with Crippen molar-refractivity contribution in [3.05, 3.63) is 64.4 Å². The number of nitrogens with zero attached hydrogens (tertiary/aromatic N) is 5. The number of aromatic nitrogens is 4. The van der Waals surface area contributed by atoms with E-state index in [1.807, 2.05) is 61.7 Å². The second-order valence-corrected chi connectivity index (χ2v) is 9.88. The molecule has 0 saturated heterocycles. The quantitative estimate of drug-likeness (QED) is 0.351. The molecule has 1 amide bonds. The van der Waals surface area contributed by atoms with Crippen LogP contribution in [0.5, 0.6) is 0 Å². The molecule has 0 saturated carbocycles. The summed E-state index contributed by atoms with van der Waals surface area (Å²) in [5, 5.41) is 0. The molecule has 4 aromatic rings. The Labute approximate surface area is 205 Å². The number of carbonyl (C=O) groups excluding carboxylic acids is 1. The number of pyridine rings is 2. The molecule has 1 aliphatic carbocycles. The zero-order chi connectivity index (χ0) is 24.0. The van der Waals surface area contributed by atoms with Crippen LogP contribution in [-0.4, -0.2) is 36.9 Å². The van der Waals surface area contributed by atoms with Gasteiger partial charge in [-0.1, -0.05) is 6.07 Å². The molecular formula is C25H23BrN6O2. The minimum absolute atomic E-state index is 0.395. The van der Waals surface area contributed by atoms with E-state index in [1.165, 1.54) is 0 Å². The van der Waals surface area contributed by atoms with E-state index in [4.69, 9.17) is 15.5 Å². The van der Waals surface area contributed by atoms with Gasteiger partial charge < -0.3 is 10.5 Å². The van der Waals surface area contributed by atoms with Crippen LogP contribution in [0.25, 0.3) is 28.2 Å². The van der Waals surface area contributed by atoms with Gasteiger partial charge in [-0.05, 0) is 97.1 Å². The highest BCUT2D eigenvalue weighted by Gasteiger charge is 2.24. The van der Waals surface area contributed by atoms with Gasteiger partial charge in [-0.25, -0.2) is 19.7 Å². The zero-order valence-electron chi connectivity index (χ0n) is 19.0. The lowest BCUT2D eigenvalue weighted by Crippen LogP contribution is -2.22. The largest absolute Gasteiger partial charge is 0.442 e. The number of carbonyl (C=O) groups is 1. The van der Waals surface area contributed by atoms with Crippen LogP contribution >= 0.6 is 15.9 Å². The molecule has 5 rings (SSSR count). The second kappa shape index (κ2) is 8.32. The fraction of sp³-hybridized carbons (Fsp3) is 0.240. The Kier molecular flexibility index (Phi) is 5.44. The number of nitrogens with two attached hydrogens (primary N) is 1. The van der Waals surface area contributed by atoms with Crippen molar-refractivity contribution in [1.29, 1.82) is 0 Å². The number of aryl methyl sites for hydroxylation is 1. The Balaban J connectivity index is 1.62. The van der Waals surface area contributed by atoms with Crippen LogP contribution in [0.4, 0.5) is 10.6 Å². The number of imidazole rings is 1. The Morgan fingerprint density at radius 3 is 2.71 bits per heavy atom. The Morgan fingerprint density at radius 1 is 1.12 bits per heavy atom. The minimum atomic E-state index is -0.583. The molecule has 0 aliphatic heterocycles. The third-order valence-corrected chi connectivity index (χ3v) is 5.90. The lowest BCUT2D eigenvalue weighted by molar-refractivity contribution is 0.0604. The van der Waals surface area contributed by atoms with Gasteiger partial charge in [0.2, 0.25) is 0 Å². The summed E-state index contributed by atoms with van der Waals surface area (Å²) in [6, 6.07) is 13.6. The molecule has 0 spiro atoms. The monoisotopic (exact) mass is 518 g/mol. The van der Waals surface area contributed by atoms with Crippen molar-refractivity contribution in [2.75, 3.05) is 5.73 Å². The Bertz CT molecular complexity index is 1470. The minimum Gasteiger partial charge on any atom is -0.442 e. The molecule has 0 unspecified atom stereocenters. The molecular weight excluding hydrogens is 496 g/mol. The fourth-order valence-corrected chi connectivity index (χ4v) is 4.37. The highest BCUT2D eigenvalue weighted by molar-refractivity contribution is 9.10. The molecule has 1 aliphatic rings. The molecule has 0 atom stereocenters. The smallest absolute Gasteiger partial charge is 0.434 e. The van der Waals surface area contributed by atoms with Crippen LogP contribution < -0.4 is 5.73 Å². The number of hydrogen-bond donors (Lipinski definition) is 1. The molecule has 0 bridgehead atoms. The molecule has 9 heteroatoms. The molecule has 0 fully saturated rings. The van der Waals surface area contributed by atoms with E-state index in [0.717, 1.165) is 40.0 Å². The highest BCUT2D eigenvalue weighted by atomic mass is 79.9. The van der Waals surface area contributed by atoms with Crippen molar-refractivity contribution in [1.82, 2.24) is 19.5 Å². The number of fused-ring (bicyclic) bond motifs is 2. The molecule has 8 nitrogen and oxygen atoms in total. The van der Waals surface area contributed by atoms with Gasteiger partial charge in [0, 0.05) is 11.9 Å². The van der Waals surface area contributed by atoms with E-state index in [9.17, 15) is 4.79 Å². The van der Waals surface area contributed by atoms with Gasteiger partial charge in [-0.3, -0.25) is 4.57 Å². The van der Waals surface area contributed by atoms with Crippen LogP contribution in [-0.2, 0) is 11.2 Å². The summed E-state index contributed by atoms with van der Waals surface area (Å²) in [6.45, 7) is 5.48. The first kappa shape index (κ1) is 22.2. The van der Waals surface area contributed by atoms with Gasteiger partial charge in [-0.2, -0.15) is 4.99 Å². The fourth-order valence-electron chi connectivity index (χ4n) is 4.07. The van der Waals surface area contributed by atoms with Crippen molar-refractivity contribution in [2.45, 2.75) is 39.2 Å². The van der Waals surface area contributed by atoms with E-state index in [-0.39, 0.29) is 0 Å². The van der Waals surface area contributed by atoms with Gasteiger partial charge in [0.1, 0.15) is 21.5 Å². The van der Waals surface area contributed by atoms with Gasteiger partial charge in [0.05, 0.1) is 11.3 Å². The van der Waals surface area contributed by atoms with Crippen molar-refractivity contribution >= 4 is 44.7 Å². The van der Waals surface area contributed by atoms with E-state index < -0.39 is 11.7 Å². The summed E-state index contributed by atoms with van der Waals surface area (Å²) in [4.78, 5) is 30.2. The first-order chi connectivity index (χ1) is 16.2. The summed E-state index contributed by atoms with van der Waals surface area (Å²) < 4.78 is 8.05. The van der Waals surface area contributed by atoms with Crippen molar-refractivity contribution in [3.63, 3.8) is 0 Å². The summed E-state index contributed by atoms with van der Waals surface area (Å²) in [6.07, 6.45) is 2.54. The van der Waals surface area contributed by atoms with Crippen LogP contribution in [0.3, 0.4) is 0 Å². The summed E-state index contributed by atoms with van der Waals surface area (Å²) in [5.74, 6) is 1.05. The predicted molar refractivity (Wildman–Crippen MR) is 135 cm³/mol.